The molecule has 0 bridgehead atoms. The standard InChI is InChI=1S/C15H16N2O3S2/c1-2-3-4-9-16-14(18)13(22-15(16)21)10-11-5-7-12(8-6-11)17(19)20/h5-8,10H,2-4,9H2,1H3/b13-10+. The van der Waals surface area contributed by atoms with E-state index in [0.29, 0.717) is 15.8 Å². The van der Waals surface area contributed by atoms with E-state index >= 15 is 0 Å². The summed E-state index contributed by atoms with van der Waals surface area (Å²) in [5.74, 6) is -0.0792. The van der Waals surface area contributed by atoms with E-state index in [4.69, 9.17) is 12.2 Å². The Bertz CT molecular complexity index is 626. The number of amides is 1. The highest BCUT2D eigenvalue weighted by Gasteiger charge is 2.31. The number of benzene rings is 1. The molecule has 1 aliphatic heterocycles. The molecule has 1 aromatic carbocycles. The van der Waals surface area contributed by atoms with Gasteiger partial charge in [0, 0.05) is 18.7 Å². The van der Waals surface area contributed by atoms with E-state index in [1.165, 1.54) is 23.9 Å². The van der Waals surface area contributed by atoms with Gasteiger partial charge in [0.15, 0.2) is 0 Å². The van der Waals surface area contributed by atoms with E-state index in [1.807, 2.05) is 0 Å². The first kappa shape index (κ1) is 16.6. The molecular formula is C15H16N2O3S2. The van der Waals surface area contributed by atoms with Crippen molar-refractivity contribution in [2.75, 3.05) is 6.54 Å². The molecule has 7 heteroatoms. The maximum Gasteiger partial charge on any atom is 0.269 e. The summed E-state index contributed by atoms with van der Waals surface area (Å²) in [7, 11) is 0. The Labute approximate surface area is 138 Å². The molecule has 0 unspecified atom stereocenters. The van der Waals surface area contributed by atoms with E-state index in [-0.39, 0.29) is 11.6 Å². The highest BCUT2D eigenvalue weighted by atomic mass is 32.2. The number of thioether (sulfide) groups is 1. The van der Waals surface area contributed by atoms with Crippen LogP contribution in [-0.4, -0.2) is 26.6 Å². The Morgan fingerprint density at radius 3 is 2.59 bits per heavy atom. The lowest BCUT2D eigenvalue weighted by Gasteiger charge is -2.13. The predicted molar refractivity (Wildman–Crippen MR) is 92.5 cm³/mol. The van der Waals surface area contributed by atoms with Gasteiger partial charge in [0.05, 0.1) is 9.83 Å². The molecular weight excluding hydrogens is 320 g/mol. The zero-order valence-electron chi connectivity index (χ0n) is 12.2. The quantitative estimate of drug-likeness (QED) is 0.258. The summed E-state index contributed by atoms with van der Waals surface area (Å²) in [5.41, 5.74) is 0.781. The minimum atomic E-state index is -0.447. The number of hydrogen-bond donors (Lipinski definition) is 0. The first-order chi connectivity index (χ1) is 10.5. The predicted octanol–water partition coefficient (Wildman–Crippen LogP) is 3.99. The molecule has 1 fully saturated rings. The number of nitro benzene ring substituents is 1. The summed E-state index contributed by atoms with van der Waals surface area (Å²) >= 11 is 6.53. The third-order valence-electron chi connectivity index (χ3n) is 3.26. The number of rotatable bonds is 6. The van der Waals surface area contributed by atoms with Crippen molar-refractivity contribution >= 4 is 46.0 Å². The molecule has 1 aromatic rings. The van der Waals surface area contributed by atoms with Crippen LogP contribution in [0.5, 0.6) is 0 Å². The van der Waals surface area contributed by atoms with Gasteiger partial charge in [0.25, 0.3) is 11.6 Å². The molecule has 0 radical (unpaired) electrons. The smallest absolute Gasteiger partial charge is 0.269 e. The van der Waals surface area contributed by atoms with E-state index < -0.39 is 4.92 Å². The molecule has 0 saturated carbocycles. The maximum atomic E-state index is 12.3. The van der Waals surface area contributed by atoms with Gasteiger partial charge in [-0.2, -0.15) is 0 Å². The summed E-state index contributed by atoms with van der Waals surface area (Å²) in [6, 6.07) is 6.10. The molecule has 1 saturated heterocycles. The Morgan fingerprint density at radius 1 is 1.32 bits per heavy atom. The van der Waals surface area contributed by atoms with Gasteiger partial charge in [-0.1, -0.05) is 43.7 Å². The summed E-state index contributed by atoms with van der Waals surface area (Å²) < 4.78 is 0.578. The van der Waals surface area contributed by atoms with Crippen LogP contribution in [0.15, 0.2) is 29.2 Å². The van der Waals surface area contributed by atoms with E-state index in [9.17, 15) is 14.9 Å². The van der Waals surface area contributed by atoms with Gasteiger partial charge in [0.1, 0.15) is 4.32 Å². The van der Waals surface area contributed by atoms with Gasteiger partial charge in [-0.3, -0.25) is 19.8 Å². The average Bonchev–Trinajstić information content (AvgIpc) is 2.75. The minimum absolute atomic E-state index is 0.0317. The number of unbranched alkanes of at least 4 members (excludes halogenated alkanes) is 2. The molecule has 1 amide bonds. The largest absolute Gasteiger partial charge is 0.293 e. The van der Waals surface area contributed by atoms with Gasteiger partial charge in [-0.05, 0) is 30.2 Å². The number of nitro groups is 1. The van der Waals surface area contributed by atoms with Crippen molar-refractivity contribution in [3.05, 3.63) is 44.8 Å². The fourth-order valence-electron chi connectivity index (χ4n) is 2.06. The van der Waals surface area contributed by atoms with Gasteiger partial charge in [-0.25, -0.2) is 0 Å². The number of nitrogens with zero attached hydrogens (tertiary/aromatic N) is 2. The minimum Gasteiger partial charge on any atom is -0.293 e. The maximum absolute atomic E-state index is 12.3. The normalized spacial score (nSPS) is 16.6. The van der Waals surface area contributed by atoms with Crippen LogP contribution in [0.3, 0.4) is 0 Å². The van der Waals surface area contributed by atoms with Crippen LogP contribution in [0.4, 0.5) is 5.69 Å². The molecule has 0 atom stereocenters. The van der Waals surface area contributed by atoms with Gasteiger partial charge >= 0.3 is 0 Å². The lowest BCUT2D eigenvalue weighted by Crippen LogP contribution is -2.28. The van der Waals surface area contributed by atoms with Gasteiger partial charge in [0.2, 0.25) is 0 Å². The zero-order valence-corrected chi connectivity index (χ0v) is 13.8. The summed E-state index contributed by atoms with van der Waals surface area (Å²) in [6.07, 6.45) is 4.82. The van der Waals surface area contributed by atoms with E-state index in [1.54, 1.807) is 23.1 Å². The topological polar surface area (TPSA) is 63.5 Å². The third-order valence-corrected chi connectivity index (χ3v) is 4.64. The van der Waals surface area contributed by atoms with Gasteiger partial charge in [-0.15, -0.1) is 0 Å². The molecule has 0 spiro atoms. The van der Waals surface area contributed by atoms with Crippen molar-refractivity contribution in [3.8, 4) is 0 Å². The van der Waals surface area contributed by atoms with Crippen LogP contribution in [-0.2, 0) is 4.79 Å². The first-order valence-electron chi connectivity index (χ1n) is 7.02. The van der Waals surface area contributed by atoms with Crippen molar-refractivity contribution in [2.24, 2.45) is 0 Å². The third kappa shape index (κ3) is 3.92. The molecule has 0 aromatic heterocycles. The summed E-state index contributed by atoms with van der Waals surface area (Å²) in [6.45, 7) is 2.76. The molecule has 0 aliphatic carbocycles. The molecule has 1 heterocycles. The number of thiocarbonyl (C=S) groups is 1. The number of carbonyl (C=O) groups is 1. The Hall–Kier alpha value is -1.73. The molecule has 22 heavy (non-hydrogen) atoms. The zero-order chi connectivity index (χ0) is 16.1. The molecule has 1 aliphatic rings. The summed E-state index contributed by atoms with van der Waals surface area (Å²) in [5, 5.41) is 10.6. The molecule has 2 rings (SSSR count). The van der Waals surface area contributed by atoms with Gasteiger partial charge < -0.3 is 0 Å². The monoisotopic (exact) mass is 336 g/mol. The van der Waals surface area contributed by atoms with Crippen molar-refractivity contribution in [1.29, 1.82) is 0 Å². The van der Waals surface area contributed by atoms with Crippen LogP contribution in [0.1, 0.15) is 31.7 Å². The van der Waals surface area contributed by atoms with Crippen molar-refractivity contribution in [3.63, 3.8) is 0 Å². The number of hydrogen-bond acceptors (Lipinski definition) is 5. The molecule has 116 valence electrons. The number of non-ortho nitro benzene ring substituents is 1. The molecule has 0 N–H and O–H groups in total. The fourth-order valence-corrected chi connectivity index (χ4v) is 3.36. The van der Waals surface area contributed by atoms with E-state index in [2.05, 4.69) is 6.92 Å². The average molecular weight is 336 g/mol. The number of carbonyl (C=O) groups excluding carboxylic acids is 1. The van der Waals surface area contributed by atoms with Crippen LogP contribution in [0.25, 0.3) is 6.08 Å². The van der Waals surface area contributed by atoms with Crippen LogP contribution < -0.4 is 0 Å². The van der Waals surface area contributed by atoms with Crippen LogP contribution in [0, 0.1) is 10.1 Å². The highest BCUT2D eigenvalue weighted by molar-refractivity contribution is 8.26. The van der Waals surface area contributed by atoms with Crippen molar-refractivity contribution < 1.29 is 9.72 Å². The molecule has 5 nitrogen and oxygen atoms in total. The SMILES string of the molecule is CCCCCN1C(=O)/C(=C\c2ccc([N+](=O)[O-])cc2)SC1=S. The summed E-state index contributed by atoms with van der Waals surface area (Å²) in [4.78, 5) is 24.7. The second-order valence-electron chi connectivity index (χ2n) is 4.89. The second kappa shape index (κ2) is 7.51. The highest BCUT2D eigenvalue weighted by Crippen LogP contribution is 2.32. The van der Waals surface area contributed by atoms with Crippen molar-refractivity contribution in [2.45, 2.75) is 26.2 Å². The fraction of sp³-hybridized carbons (Fsp3) is 0.333. The van der Waals surface area contributed by atoms with Crippen LogP contribution >= 0.6 is 24.0 Å². The van der Waals surface area contributed by atoms with Crippen molar-refractivity contribution in [1.82, 2.24) is 4.90 Å². The second-order valence-corrected chi connectivity index (χ2v) is 6.56. The first-order valence-corrected chi connectivity index (χ1v) is 8.25. The Kier molecular flexibility index (Phi) is 5.68. The van der Waals surface area contributed by atoms with E-state index in [0.717, 1.165) is 24.8 Å². The Balaban J connectivity index is 2.10. The Morgan fingerprint density at radius 2 is 2.00 bits per heavy atom. The lowest BCUT2D eigenvalue weighted by atomic mass is 10.2. The van der Waals surface area contributed by atoms with Crippen LogP contribution in [0.2, 0.25) is 0 Å². The lowest BCUT2D eigenvalue weighted by molar-refractivity contribution is -0.384.